The molecule has 0 N–H and O–H groups in total. The Labute approximate surface area is 178 Å². The van der Waals surface area contributed by atoms with Crippen LogP contribution < -0.4 is 0 Å². The van der Waals surface area contributed by atoms with Crippen LogP contribution in [-0.2, 0) is 0 Å². The van der Waals surface area contributed by atoms with E-state index in [0.717, 1.165) is 41.7 Å². The summed E-state index contributed by atoms with van der Waals surface area (Å²) in [7, 11) is 0. The minimum Gasteiger partial charge on any atom is -0.459 e. The fourth-order valence-corrected chi connectivity index (χ4v) is 4.43. The Bertz CT molecular complexity index is 1150. The molecule has 1 aliphatic heterocycles. The van der Waals surface area contributed by atoms with E-state index in [4.69, 9.17) is 9.52 Å². The van der Waals surface area contributed by atoms with Crippen molar-refractivity contribution in [1.29, 1.82) is 0 Å². The van der Waals surface area contributed by atoms with Crippen LogP contribution >= 0.6 is 0 Å². The number of furan rings is 1. The molecule has 2 aliphatic rings. The van der Waals surface area contributed by atoms with Gasteiger partial charge in [0.2, 0.25) is 0 Å². The quantitative estimate of drug-likeness (QED) is 0.524. The molecule has 1 fully saturated rings. The van der Waals surface area contributed by atoms with E-state index in [-0.39, 0.29) is 35.3 Å². The number of carbonyl (C=O) groups excluding carboxylic acids is 1. The molecule has 4 nitrogen and oxygen atoms in total. The molecule has 6 heteroatoms. The van der Waals surface area contributed by atoms with Crippen molar-refractivity contribution >= 4 is 17.7 Å². The Kier molecular flexibility index (Phi) is 4.98. The number of halogens is 2. The molecule has 1 aromatic heterocycles. The van der Waals surface area contributed by atoms with Crippen molar-refractivity contribution < 1.29 is 18.0 Å². The third kappa shape index (κ3) is 3.69. The Hall–Kier alpha value is -3.54. The summed E-state index contributed by atoms with van der Waals surface area (Å²) in [6.07, 6.45) is 6.09. The van der Waals surface area contributed by atoms with Gasteiger partial charge in [-0.2, -0.15) is 5.10 Å². The van der Waals surface area contributed by atoms with E-state index in [0.29, 0.717) is 0 Å². The van der Waals surface area contributed by atoms with Crippen LogP contribution in [-0.4, -0.2) is 16.6 Å². The van der Waals surface area contributed by atoms with Crippen LogP contribution in [0.15, 0.2) is 82.0 Å². The summed E-state index contributed by atoms with van der Waals surface area (Å²) in [6.45, 7) is 0. The van der Waals surface area contributed by atoms with E-state index < -0.39 is 0 Å². The van der Waals surface area contributed by atoms with Gasteiger partial charge in [-0.15, -0.1) is 0 Å². The summed E-state index contributed by atoms with van der Waals surface area (Å²) in [6, 6.07) is 15.5. The number of nitrogens with zero attached hydrogens (tertiary/aromatic N) is 2. The predicted molar refractivity (Wildman–Crippen MR) is 113 cm³/mol. The Morgan fingerprint density at radius 2 is 1.74 bits per heavy atom. The highest BCUT2D eigenvalue weighted by atomic mass is 19.1. The maximum atomic E-state index is 13.6. The third-order valence-corrected chi connectivity index (χ3v) is 5.86. The van der Waals surface area contributed by atoms with E-state index in [2.05, 4.69) is 0 Å². The number of rotatable bonds is 3. The topological polar surface area (TPSA) is 45.8 Å². The van der Waals surface area contributed by atoms with Crippen molar-refractivity contribution in [3.63, 3.8) is 0 Å². The van der Waals surface area contributed by atoms with E-state index in [1.165, 1.54) is 35.5 Å². The number of allylic oxidation sites excluding steroid dienone is 1. The van der Waals surface area contributed by atoms with Crippen molar-refractivity contribution in [3.8, 4) is 0 Å². The molecular formula is C25H20F2N2O2. The zero-order valence-corrected chi connectivity index (χ0v) is 16.7. The molecule has 2 aromatic carbocycles. The molecule has 0 bridgehead atoms. The van der Waals surface area contributed by atoms with Gasteiger partial charge in [0, 0.05) is 5.92 Å². The molecule has 0 spiro atoms. The van der Waals surface area contributed by atoms with Gasteiger partial charge < -0.3 is 4.42 Å². The van der Waals surface area contributed by atoms with Gasteiger partial charge in [0.25, 0.3) is 0 Å². The lowest BCUT2D eigenvalue weighted by atomic mass is 9.77. The summed E-state index contributed by atoms with van der Waals surface area (Å²) >= 11 is 0. The van der Waals surface area contributed by atoms with Gasteiger partial charge in [0.15, 0.2) is 5.76 Å². The van der Waals surface area contributed by atoms with Gasteiger partial charge in [-0.1, -0.05) is 24.3 Å². The molecule has 5 rings (SSSR count). The van der Waals surface area contributed by atoms with Crippen LogP contribution in [0.4, 0.5) is 8.78 Å². The Morgan fingerprint density at radius 1 is 1.03 bits per heavy atom. The molecule has 0 unspecified atom stereocenters. The number of hydrogen-bond acceptors (Lipinski definition) is 3. The average molecular weight is 418 g/mol. The Morgan fingerprint density at radius 3 is 2.42 bits per heavy atom. The summed E-state index contributed by atoms with van der Waals surface area (Å²) in [5.41, 5.74) is 3.59. The molecule has 0 saturated heterocycles. The van der Waals surface area contributed by atoms with Crippen LogP contribution in [0, 0.1) is 17.6 Å². The van der Waals surface area contributed by atoms with Crippen LogP contribution in [0.1, 0.15) is 47.0 Å². The second kappa shape index (κ2) is 7.95. The molecule has 0 radical (unpaired) electrons. The molecule has 1 aliphatic carbocycles. The minimum absolute atomic E-state index is 0.00942. The van der Waals surface area contributed by atoms with Crippen molar-refractivity contribution in [2.24, 2.45) is 11.0 Å². The monoisotopic (exact) mass is 418 g/mol. The first-order chi connectivity index (χ1) is 15.1. The average Bonchev–Trinajstić information content (AvgIpc) is 3.44. The molecule has 1 saturated carbocycles. The normalized spacial score (nSPS) is 21.8. The van der Waals surface area contributed by atoms with Crippen molar-refractivity contribution in [3.05, 3.63) is 101 Å². The lowest BCUT2D eigenvalue weighted by Crippen LogP contribution is -2.31. The number of benzene rings is 2. The number of amides is 1. The summed E-state index contributed by atoms with van der Waals surface area (Å²) < 4.78 is 32.2. The minimum atomic E-state index is -0.342. The first kappa shape index (κ1) is 19.4. The first-order valence-corrected chi connectivity index (χ1v) is 10.3. The van der Waals surface area contributed by atoms with Gasteiger partial charge in [-0.3, -0.25) is 4.79 Å². The van der Waals surface area contributed by atoms with Crippen LogP contribution in [0.5, 0.6) is 0 Å². The van der Waals surface area contributed by atoms with Crippen LogP contribution in [0.25, 0.3) is 6.08 Å². The molecule has 156 valence electrons. The SMILES string of the molecule is O=C(c1ccco1)N1N=C2C(=Cc3ccc(F)cc3)CCC[C@@H]2[C@@H]1c1ccc(F)cc1. The summed E-state index contributed by atoms with van der Waals surface area (Å²) in [5.74, 6) is -0.743. The fourth-order valence-electron chi connectivity index (χ4n) is 4.43. The number of fused-ring (bicyclic) bond motifs is 1. The van der Waals surface area contributed by atoms with Gasteiger partial charge in [-0.05, 0) is 78.4 Å². The van der Waals surface area contributed by atoms with Gasteiger partial charge in [-0.25, -0.2) is 13.8 Å². The highest BCUT2D eigenvalue weighted by Crippen LogP contribution is 2.45. The van der Waals surface area contributed by atoms with Crippen LogP contribution in [0.3, 0.4) is 0 Å². The second-order valence-corrected chi connectivity index (χ2v) is 7.83. The predicted octanol–water partition coefficient (Wildman–Crippen LogP) is 5.99. The first-order valence-electron chi connectivity index (χ1n) is 10.3. The molecule has 1 amide bonds. The fraction of sp³-hybridized carbons (Fsp3) is 0.200. The standard InChI is InChI=1S/C25H20F2N2O2/c26-19-10-6-16(7-11-19)15-18-3-1-4-21-23(18)28-29(25(30)22-5-2-14-31-22)24(21)17-8-12-20(27)13-9-17/h2,5-15,21,24H,1,3-4H2/t21-,24-/m0/s1. The number of hydrogen-bond donors (Lipinski definition) is 0. The smallest absolute Gasteiger partial charge is 0.310 e. The number of hydrazone groups is 1. The molecule has 2 heterocycles. The maximum Gasteiger partial charge on any atom is 0.310 e. The van der Waals surface area contributed by atoms with E-state index in [9.17, 15) is 13.6 Å². The van der Waals surface area contributed by atoms with E-state index in [1.807, 2.05) is 6.08 Å². The maximum absolute atomic E-state index is 13.6. The van der Waals surface area contributed by atoms with E-state index in [1.54, 1.807) is 36.4 Å². The van der Waals surface area contributed by atoms with Crippen molar-refractivity contribution in [2.45, 2.75) is 25.3 Å². The van der Waals surface area contributed by atoms with Gasteiger partial charge in [0.05, 0.1) is 18.0 Å². The third-order valence-electron chi connectivity index (χ3n) is 5.86. The zero-order chi connectivity index (χ0) is 21.4. The summed E-state index contributed by atoms with van der Waals surface area (Å²) in [4.78, 5) is 13.2. The zero-order valence-electron chi connectivity index (χ0n) is 16.7. The number of carbonyl (C=O) groups is 1. The summed E-state index contributed by atoms with van der Waals surface area (Å²) in [5, 5.41) is 6.21. The lowest BCUT2D eigenvalue weighted by molar-refractivity contribution is 0.0648. The largest absolute Gasteiger partial charge is 0.459 e. The van der Waals surface area contributed by atoms with Crippen molar-refractivity contribution in [1.82, 2.24) is 5.01 Å². The van der Waals surface area contributed by atoms with Gasteiger partial charge >= 0.3 is 5.91 Å². The highest BCUT2D eigenvalue weighted by Gasteiger charge is 2.44. The second-order valence-electron chi connectivity index (χ2n) is 7.83. The van der Waals surface area contributed by atoms with Gasteiger partial charge in [0.1, 0.15) is 11.6 Å². The highest BCUT2D eigenvalue weighted by molar-refractivity contribution is 6.08. The Balaban J connectivity index is 1.57. The molecular weight excluding hydrogens is 398 g/mol. The van der Waals surface area contributed by atoms with E-state index >= 15 is 0 Å². The van der Waals surface area contributed by atoms with Crippen LogP contribution in [0.2, 0.25) is 0 Å². The molecule has 2 atom stereocenters. The van der Waals surface area contributed by atoms with Crippen molar-refractivity contribution in [2.75, 3.05) is 0 Å². The molecule has 31 heavy (non-hydrogen) atoms. The lowest BCUT2D eigenvalue weighted by Gasteiger charge is -2.29. The molecule has 3 aromatic rings.